The van der Waals surface area contributed by atoms with Crippen LogP contribution in [-0.4, -0.2) is 25.8 Å². The summed E-state index contributed by atoms with van der Waals surface area (Å²) in [5, 5.41) is 22.2. The van der Waals surface area contributed by atoms with Crippen LogP contribution in [0.3, 0.4) is 0 Å². The number of aryl methyl sites for hydroxylation is 1. The van der Waals surface area contributed by atoms with E-state index in [4.69, 9.17) is 10.2 Å². The fourth-order valence-electron chi connectivity index (χ4n) is 3.16. The van der Waals surface area contributed by atoms with Crippen molar-refractivity contribution in [3.05, 3.63) is 86.1 Å². The molecule has 0 bridgehead atoms. The molecule has 4 rings (SSSR count). The molecule has 1 atom stereocenters. The molecule has 0 aliphatic heterocycles. The number of pyridine rings is 1. The van der Waals surface area contributed by atoms with Gasteiger partial charge in [0.1, 0.15) is 11.1 Å². The number of aliphatic hydroxyl groups excluding tert-OH is 1. The highest BCUT2D eigenvalue weighted by Gasteiger charge is 2.16. The van der Waals surface area contributed by atoms with E-state index in [9.17, 15) is 9.90 Å². The van der Waals surface area contributed by atoms with Gasteiger partial charge in [0.15, 0.2) is 5.78 Å². The van der Waals surface area contributed by atoms with Gasteiger partial charge in [0.2, 0.25) is 0 Å². The number of nitrogens with zero attached hydrogens (tertiary/aromatic N) is 4. The number of benzene rings is 1. The molecule has 6 nitrogen and oxygen atoms in total. The summed E-state index contributed by atoms with van der Waals surface area (Å²) >= 11 is 3.02. The van der Waals surface area contributed by atoms with E-state index in [0.29, 0.717) is 22.6 Å². The monoisotopic (exact) mass is 460 g/mol. The van der Waals surface area contributed by atoms with E-state index < -0.39 is 6.10 Å². The summed E-state index contributed by atoms with van der Waals surface area (Å²) < 4.78 is 0. The van der Waals surface area contributed by atoms with E-state index in [2.05, 4.69) is 16.0 Å². The van der Waals surface area contributed by atoms with Gasteiger partial charge in [0, 0.05) is 35.7 Å². The molecular formula is C24H20N4O2S2. The van der Waals surface area contributed by atoms with Crippen LogP contribution in [0.5, 0.6) is 0 Å². The highest BCUT2D eigenvalue weighted by atomic mass is 32.1. The topological polar surface area (TPSA) is 99.8 Å². The van der Waals surface area contributed by atoms with Crippen LogP contribution in [0.25, 0.3) is 10.6 Å². The first-order chi connectivity index (χ1) is 15.4. The molecule has 3 heterocycles. The maximum Gasteiger partial charge on any atom is 0.168 e. The first-order valence-electron chi connectivity index (χ1n) is 10.00. The number of nitriles is 1. The van der Waals surface area contributed by atoms with E-state index in [-0.39, 0.29) is 12.2 Å². The molecule has 0 saturated carbocycles. The maximum atomic E-state index is 12.5. The Labute approximate surface area is 193 Å². The lowest BCUT2D eigenvalue weighted by atomic mass is 10.0. The van der Waals surface area contributed by atoms with Gasteiger partial charge in [0.25, 0.3) is 0 Å². The van der Waals surface area contributed by atoms with Crippen molar-refractivity contribution in [3.8, 4) is 16.6 Å². The van der Waals surface area contributed by atoms with Gasteiger partial charge >= 0.3 is 0 Å². The summed E-state index contributed by atoms with van der Waals surface area (Å²) in [6.07, 6.45) is 1.87. The zero-order valence-electron chi connectivity index (χ0n) is 17.6. The van der Waals surface area contributed by atoms with Crippen LogP contribution < -0.4 is 0 Å². The number of hydrogen-bond acceptors (Lipinski definition) is 8. The Morgan fingerprint density at radius 3 is 2.59 bits per heavy atom. The van der Waals surface area contributed by atoms with Gasteiger partial charge in [-0.1, -0.05) is 12.1 Å². The van der Waals surface area contributed by atoms with Crippen LogP contribution in [0, 0.1) is 18.3 Å². The second kappa shape index (κ2) is 9.49. The van der Waals surface area contributed by atoms with Gasteiger partial charge in [-0.05, 0) is 43.7 Å². The summed E-state index contributed by atoms with van der Waals surface area (Å²) in [6.45, 7) is 3.63. The SMILES string of the molecule is Cc1nc(C(C)O)sc1-c1csc(Cc2ccc(C(=O)Cc3ccc(C#N)cc3)cn2)n1. The minimum Gasteiger partial charge on any atom is -0.386 e. The Bertz CT molecular complexity index is 1280. The molecule has 3 aromatic heterocycles. The maximum absolute atomic E-state index is 12.5. The predicted molar refractivity (Wildman–Crippen MR) is 125 cm³/mol. The fraction of sp³-hybridized carbons (Fsp3) is 0.208. The van der Waals surface area contributed by atoms with Gasteiger partial charge < -0.3 is 5.11 Å². The number of hydrogen-bond donors (Lipinski definition) is 1. The molecule has 0 amide bonds. The minimum atomic E-state index is -0.590. The number of carbonyl (C=O) groups excluding carboxylic acids is 1. The van der Waals surface area contributed by atoms with Gasteiger partial charge in [0.05, 0.1) is 32.9 Å². The summed E-state index contributed by atoms with van der Waals surface area (Å²) in [7, 11) is 0. The largest absolute Gasteiger partial charge is 0.386 e. The molecule has 1 N–H and O–H groups in total. The van der Waals surface area contributed by atoms with Crippen molar-refractivity contribution in [2.75, 3.05) is 0 Å². The van der Waals surface area contributed by atoms with Crippen molar-refractivity contribution in [2.45, 2.75) is 32.8 Å². The van der Waals surface area contributed by atoms with Crippen molar-refractivity contribution in [3.63, 3.8) is 0 Å². The molecule has 8 heteroatoms. The Morgan fingerprint density at radius 2 is 1.97 bits per heavy atom. The summed E-state index contributed by atoms with van der Waals surface area (Å²) in [4.78, 5) is 27.1. The number of thiazole rings is 2. The molecule has 0 aliphatic carbocycles. The van der Waals surface area contributed by atoms with Crippen molar-refractivity contribution in [1.29, 1.82) is 5.26 Å². The predicted octanol–water partition coefficient (Wildman–Crippen LogP) is 4.91. The normalized spacial score (nSPS) is 11.8. The second-order valence-corrected chi connectivity index (χ2v) is 9.37. The molecule has 160 valence electrons. The van der Waals surface area contributed by atoms with E-state index in [1.165, 1.54) is 11.3 Å². The molecule has 0 fully saturated rings. The standard InChI is InChI=1S/C24H20N4O2S2/c1-14-23(32-24(27-14)15(2)29)20-13-31-22(28-20)10-19-8-7-18(12-26-19)21(30)9-16-3-5-17(11-25)6-4-16/h3-8,12-13,15,29H,9-10H2,1-2H3. The van der Waals surface area contributed by atoms with Crippen LogP contribution in [0.15, 0.2) is 48.0 Å². The number of ketones is 1. The van der Waals surface area contributed by atoms with Gasteiger partial charge in [-0.3, -0.25) is 9.78 Å². The van der Waals surface area contributed by atoms with Gasteiger partial charge in [-0.25, -0.2) is 9.97 Å². The number of aliphatic hydroxyl groups is 1. The number of carbonyl (C=O) groups is 1. The zero-order valence-corrected chi connectivity index (χ0v) is 19.2. The van der Waals surface area contributed by atoms with Crippen LogP contribution in [-0.2, 0) is 12.8 Å². The van der Waals surface area contributed by atoms with E-state index >= 15 is 0 Å². The summed E-state index contributed by atoms with van der Waals surface area (Å²) in [6, 6.07) is 12.8. The first kappa shape index (κ1) is 22.0. The molecule has 4 aromatic rings. The van der Waals surface area contributed by atoms with Crippen LogP contribution in [0.1, 0.15) is 55.9 Å². The number of aromatic nitrogens is 3. The Kier molecular flexibility index (Phi) is 6.51. The molecule has 32 heavy (non-hydrogen) atoms. The lowest BCUT2D eigenvalue weighted by Gasteiger charge is -2.03. The van der Waals surface area contributed by atoms with Crippen LogP contribution in [0.2, 0.25) is 0 Å². The third-order valence-corrected chi connectivity index (χ3v) is 7.08. The molecule has 0 aliphatic rings. The smallest absolute Gasteiger partial charge is 0.168 e. The zero-order chi connectivity index (χ0) is 22.7. The molecule has 0 spiro atoms. The van der Waals surface area contributed by atoms with E-state index in [1.807, 2.05) is 18.4 Å². The Hall–Kier alpha value is -3.25. The fourth-order valence-corrected chi connectivity index (χ4v) is 5.00. The second-order valence-electron chi connectivity index (χ2n) is 7.39. The van der Waals surface area contributed by atoms with Crippen LogP contribution >= 0.6 is 22.7 Å². The van der Waals surface area contributed by atoms with E-state index in [0.717, 1.165) is 32.5 Å². The van der Waals surface area contributed by atoms with Crippen molar-refractivity contribution >= 4 is 28.5 Å². The van der Waals surface area contributed by atoms with Gasteiger partial charge in [-0.15, -0.1) is 22.7 Å². The highest BCUT2D eigenvalue weighted by Crippen LogP contribution is 2.33. The number of Topliss-reactive ketones (excluding diaryl/α,β-unsaturated/α-hetero) is 1. The molecule has 1 unspecified atom stereocenters. The lowest BCUT2D eigenvalue weighted by molar-refractivity contribution is 0.0992. The summed E-state index contributed by atoms with van der Waals surface area (Å²) in [5.74, 6) is -0.0140. The van der Waals surface area contributed by atoms with Crippen molar-refractivity contribution in [2.24, 2.45) is 0 Å². The third kappa shape index (κ3) is 4.97. The quantitative estimate of drug-likeness (QED) is 0.393. The first-order valence-corrected chi connectivity index (χ1v) is 11.7. The highest BCUT2D eigenvalue weighted by molar-refractivity contribution is 7.16. The molecular weight excluding hydrogens is 440 g/mol. The van der Waals surface area contributed by atoms with Gasteiger partial charge in [-0.2, -0.15) is 5.26 Å². The van der Waals surface area contributed by atoms with Crippen LogP contribution in [0.4, 0.5) is 0 Å². The van der Waals surface area contributed by atoms with E-state index in [1.54, 1.807) is 54.8 Å². The lowest BCUT2D eigenvalue weighted by Crippen LogP contribution is -2.05. The Morgan fingerprint density at radius 1 is 1.19 bits per heavy atom. The average molecular weight is 461 g/mol. The van der Waals surface area contributed by atoms with Crippen molar-refractivity contribution < 1.29 is 9.90 Å². The Balaban J connectivity index is 1.42. The molecule has 1 aromatic carbocycles. The average Bonchev–Trinajstić information content (AvgIpc) is 3.41. The van der Waals surface area contributed by atoms with Crippen molar-refractivity contribution in [1.82, 2.24) is 15.0 Å². The minimum absolute atomic E-state index is 0.0140. The molecule has 0 radical (unpaired) electrons. The summed E-state index contributed by atoms with van der Waals surface area (Å²) in [5.41, 5.74) is 4.57. The number of rotatable bonds is 7. The third-order valence-electron chi connectivity index (χ3n) is 4.88. The molecule has 0 saturated heterocycles.